The van der Waals surface area contributed by atoms with E-state index in [4.69, 9.17) is 16.0 Å². The number of hydrogen-bond acceptors (Lipinski definition) is 4. The highest BCUT2D eigenvalue weighted by Crippen LogP contribution is 2.20. The maximum Gasteiger partial charge on any atom is 0.287 e. The first-order valence-electron chi connectivity index (χ1n) is 7.90. The lowest BCUT2D eigenvalue weighted by atomic mass is 10.2. The largest absolute Gasteiger partial charge is 0.454 e. The number of aryl methyl sites for hydroxylation is 3. The number of furan rings is 1. The molecule has 3 rings (SSSR count). The minimum atomic E-state index is -0.263. The van der Waals surface area contributed by atoms with Crippen LogP contribution in [-0.4, -0.2) is 25.5 Å². The van der Waals surface area contributed by atoms with Crippen molar-refractivity contribution < 1.29 is 9.21 Å². The summed E-state index contributed by atoms with van der Waals surface area (Å²) < 4.78 is 9.13. The van der Waals surface area contributed by atoms with Crippen molar-refractivity contribution in [2.24, 2.45) is 7.05 Å². The second-order valence-corrected chi connectivity index (χ2v) is 6.38. The van der Waals surface area contributed by atoms with Crippen LogP contribution in [0.2, 0.25) is 5.02 Å². The van der Waals surface area contributed by atoms with Crippen molar-refractivity contribution in [2.45, 2.75) is 33.9 Å². The molecule has 0 saturated carbocycles. The number of carbonyl (C=O) groups is 1. The zero-order chi connectivity index (χ0) is 18.1. The Labute approximate surface area is 150 Å². The molecule has 0 saturated heterocycles. The highest BCUT2D eigenvalue weighted by Gasteiger charge is 2.15. The van der Waals surface area contributed by atoms with Crippen LogP contribution >= 0.6 is 11.6 Å². The number of carbonyl (C=O) groups excluding carboxylic acids is 1. The van der Waals surface area contributed by atoms with E-state index in [1.807, 2.05) is 34.0 Å². The molecule has 7 nitrogen and oxygen atoms in total. The van der Waals surface area contributed by atoms with Crippen LogP contribution in [0.5, 0.6) is 0 Å². The number of amides is 1. The summed E-state index contributed by atoms with van der Waals surface area (Å²) in [5, 5.41) is 12.1. The lowest BCUT2D eigenvalue weighted by Crippen LogP contribution is -2.22. The van der Waals surface area contributed by atoms with Gasteiger partial charge in [-0.1, -0.05) is 11.6 Å². The molecule has 1 amide bonds. The van der Waals surface area contributed by atoms with Crippen molar-refractivity contribution >= 4 is 17.5 Å². The average Bonchev–Trinajstić information content (AvgIpc) is 3.22. The van der Waals surface area contributed by atoms with E-state index in [1.165, 1.54) is 0 Å². The molecule has 0 aliphatic heterocycles. The molecule has 0 radical (unpaired) electrons. The van der Waals surface area contributed by atoms with Crippen LogP contribution in [0.4, 0.5) is 0 Å². The van der Waals surface area contributed by atoms with Crippen LogP contribution in [0.15, 0.2) is 22.7 Å². The van der Waals surface area contributed by atoms with Gasteiger partial charge in [-0.3, -0.25) is 14.2 Å². The van der Waals surface area contributed by atoms with Crippen molar-refractivity contribution in [2.75, 3.05) is 0 Å². The van der Waals surface area contributed by atoms with E-state index in [1.54, 1.807) is 21.5 Å². The Kier molecular flexibility index (Phi) is 4.67. The zero-order valence-corrected chi connectivity index (χ0v) is 15.4. The highest BCUT2D eigenvalue weighted by atomic mass is 35.5. The van der Waals surface area contributed by atoms with Gasteiger partial charge in [0.05, 0.1) is 28.6 Å². The lowest BCUT2D eigenvalue weighted by Gasteiger charge is -2.03. The fourth-order valence-corrected chi connectivity index (χ4v) is 2.78. The van der Waals surface area contributed by atoms with Crippen molar-refractivity contribution in [3.8, 4) is 0 Å². The first-order valence-corrected chi connectivity index (χ1v) is 8.28. The molecule has 0 atom stereocenters. The monoisotopic (exact) mass is 361 g/mol. The summed E-state index contributed by atoms with van der Waals surface area (Å²) >= 11 is 6.15. The Morgan fingerprint density at radius 2 is 2.00 bits per heavy atom. The Bertz CT molecular complexity index is 922. The summed E-state index contributed by atoms with van der Waals surface area (Å²) in [7, 11) is 1.85. The quantitative estimate of drug-likeness (QED) is 0.758. The first-order chi connectivity index (χ1) is 11.8. The molecule has 0 aromatic carbocycles. The molecule has 0 aliphatic carbocycles. The van der Waals surface area contributed by atoms with Gasteiger partial charge in [0.2, 0.25) is 0 Å². The number of nitrogens with one attached hydrogen (secondary N) is 1. The fourth-order valence-electron chi connectivity index (χ4n) is 2.65. The predicted octanol–water partition coefficient (Wildman–Crippen LogP) is 2.77. The number of halogens is 1. The molecule has 3 aromatic rings. The van der Waals surface area contributed by atoms with Crippen molar-refractivity contribution in [3.05, 3.63) is 57.5 Å². The Balaban J connectivity index is 1.65. The number of aromatic nitrogens is 4. The molecule has 0 aliphatic rings. The second kappa shape index (κ2) is 6.76. The number of nitrogens with zero attached hydrogens (tertiary/aromatic N) is 4. The Morgan fingerprint density at radius 3 is 2.60 bits per heavy atom. The SMILES string of the molecule is Cc1nn(C)cc1CNC(=O)c1ccc(Cn2nc(C)c(Cl)c2C)o1. The van der Waals surface area contributed by atoms with E-state index < -0.39 is 0 Å². The third-order valence-electron chi connectivity index (χ3n) is 4.04. The Hall–Kier alpha value is -2.54. The molecule has 0 bridgehead atoms. The molecule has 3 aromatic heterocycles. The average molecular weight is 362 g/mol. The summed E-state index contributed by atoms with van der Waals surface area (Å²) in [6.45, 7) is 6.49. The molecule has 1 N–H and O–H groups in total. The van der Waals surface area contributed by atoms with Crippen LogP contribution in [0, 0.1) is 20.8 Å². The van der Waals surface area contributed by atoms with Gasteiger partial charge in [-0.25, -0.2) is 0 Å². The van der Waals surface area contributed by atoms with E-state index in [-0.39, 0.29) is 11.7 Å². The van der Waals surface area contributed by atoms with Gasteiger partial charge in [0, 0.05) is 25.4 Å². The minimum absolute atomic E-state index is 0.263. The molecule has 0 unspecified atom stereocenters. The smallest absolute Gasteiger partial charge is 0.287 e. The molecule has 0 fully saturated rings. The summed E-state index contributed by atoms with van der Waals surface area (Å²) in [4.78, 5) is 12.3. The fraction of sp³-hybridized carbons (Fsp3) is 0.353. The van der Waals surface area contributed by atoms with Crippen molar-refractivity contribution in [3.63, 3.8) is 0 Å². The third-order valence-corrected chi connectivity index (χ3v) is 4.59. The van der Waals surface area contributed by atoms with Crippen LogP contribution in [0.1, 0.15) is 39.0 Å². The van der Waals surface area contributed by atoms with Gasteiger partial charge in [0.25, 0.3) is 5.91 Å². The molecular weight excluding hydrogens is 342 g/mol. The van der Waals surface area contributed by atoms with E-state index in [9.17, 15) is 4.79 Å². The number of hydrogen-bond donors (Lipinski definition) is 1. The summed E-state index contributed by atoms with van der Waals surface area (Å²) in [6.07, 6.45) is 1.88. The van der Waals surface area contributed by atoms with Crippen molar-refractivity contribution in [1.82, 2.24) is 24.9 Å². The van der Waals surface area contributed by atoms with Crippen molar-refractivity contribution in [1.29, 1.82) is 0 Å². The Morgan fingerprint density at radius 1 is 1.24 bits per heavy atom. The molecule has 8 heteroatoms. The van der Waals surface area contributed by atoms with Crippen LogP contribution in [-0.2, 0) is 20.1 Å². The molecule has 25 heavy (non-hydrogen) atoms. The van der Waals surface area contributed by atoms with E-state index in [0.29, 0.717) is 23.9 Å². The molecular formula is C17H20ClN5O2. The van der Waals surface area contributed by atoms with E-state index in [0.717, 1.165) is 22.6 Å². The maximum absolute atomic E-state index is 12.3. The van der Waals surface area contributed by atoms with Gasteiger partial charge in [-0.15, -0.1) is 0 Å². The number of rotatable bonds is 5. The van der Waals surface area contributed by atoms with Gasteiger partial charge >= 0.3 is 0 Å². The van der Waals surface area contributed by atoms with E-state index >= 15 is 0 Å². The lowest BCUT2D eigenvalue weighted by molar-refractivity contribution is 0.0921. The zero-order valence-electron chi connectivity index (χ0n) is 14.6. The third kappa shape index (κ3) is 3.61. The highest BCUT2D eigenvalue weighted by molar-refractivity contribution is 6.31. The standard InChI is InChI=1S/C17H20ClN5O2/c1-10-13(8-22(4)20-10)7-19-17(24)15-6-5-14(25-15)9-23-12(3)16(18)11(2)21-23/h5-6,8H,7,9H2,1-4H3,(H,19,24). The second-order valence-electron chi connectivity index (χ2n) is 6.00. The van der Waals surface area contributed by atoms with Gasteiger partial charge < -0.3 is 9.73 Å². The molecule has 132 valence electrons. The normalized spacial score (nSPS) is 11.1. The maximum atomic E-state index is 12.3. The summed E-state index contributed by atoms with van der Waals surface area (Å²) in [5.74, 6) is 0.648. The minimum Gasteiger partial charge on any atom is -0.454 e. The van der Waals surface area contributed by atoms with Gasteiger partial charge in [-0.2, -0.15) is 10.2 Å². The van der Waals surface area contributed by atoms with Crippen LogP contribution < -0.4 is 5.32 Å². The van der Waals surface area contributed by atoms with Gasteiger partial charge in [0.1, 0.15) is 5.76 Å². The summed E-state index contributed by atoms with van der Waals surface area (Å²) in [5.41, 5.74) is 3.51. The topological polar surface area (TPSA) is 77.9 Å². The van der Waals surface area contributed by atoms with Gasteiger partial charge in [0.15, 0.2) is 5.76 Å². The first kappa shape index (κ1) is 17.3. The predicted molar refractivity (Wildman–Crippen MR) is 93.6 cm³/mol. The van der Waals surface area contributed by atoms with Gasteiger partial charge in [-0.05, 0) is 32.9 Å². The van der Waals surface area contributed by atoms with E-state index in [2.05, 4.69) is 15.5 Å². The summed E-state index contributed by atoms with van der Waals surface area (Å²) in [6, 6.07) is 3.43. The van der Waals surface area contributed by atoms with Crippen LogP contribution in [0.25, 0.3) is 0 Å². The molecule has 3 heterocycles. The molecule has 0 spiro atoms. The van der Waals surface area contributed by atoms with Crippen LogP contribution in [0.3, 0.4) is 0 Å².